The first-order valence-electron chi connectivity index (χ1n) is 4.39. The van der Waals surface area contributed by atoms with E-state index < -0.39 is 18.2 Å². The third-order valence-corrected chi connectivity index (χ3v) is 2.13. The molecule has 0 saturated heterocycles. The molecule has 1 heterocycles. The van der Waals surface area contributed by atoms with Gasteiger partial charge in [0.25, 0.3) is 0 Å². The van der Waals surface area contributed by atoms with Crippen LogP contribution in [0.5, 0.6) is 0 Å². The van der Waals surface area contributed by atoms with Gasteiger partial charge in [0, 0.05) is 6.08 Å². The molecule has 3 nitrogen and oxygen atoms in total. The third-order valence-electron chi connectivity index (χ3n) is 2.13. The Kier molecular flexibility index (Phi) is 2.33. The number of aliphatic hydroxyl groups is 1. The Bertz CT molecular complexity index is 356. The highest BCUT2D eigenvalue weighted by molar-refractivity contribution is 5.84. The van der Waals surface area contributed by atoms with Crippen molar-refractivity contribution in [2.75, 3.05) is 0 Å². The van der Waals surface area contributed by atoms with E-state index in [-0.39, 0.29) is 0 Å². The molecule has 0 aromatic heterocycles. The molecule has 1 aromatic carbocycles. The summed E-state index contributed by atoms with van der Waals surface area (Å²) in [6, 6.07) is 9.13. The minimum Gasteiger partial charge on any atom is -0.452 e. The Labute approximate surface area is 81.6 Å². The number of benzene rings is 1. The lowest BCUT2D eigenvalue weighted by molar-refractivity contribution is -0.142. The topological polar surface area (TPSA) is 46.5 Å². The van der Waals surface area contributed by atoms with E-state index in [1.54, 1.807) is 18.2 Å². The van der Waals surface area contributed by atoms with Crippen LogP contribution in [0, 0.1) is 0 Å². The first-order chi connectivity index (χ1) is 6.77. The van der Waals surface area contributed by atoms with Gasteiger partial charge in [-0.1, -0.05) is 30.3 Å². The normalized spacial score (nSPS) is 22.1. The van der Waals surface area contributed by atoms with Crippen molar-refractivity contribution in [2.24, 2.45) is 0 Å². The van der Waals surface area contributed by atoms with E-state index in [1.165, 1.54) is 6.08 Å². The van der Waals surface area contributed by atoms with Gasteiger partial charge >= 0.3 is 5.97 Å². The van der Waals surface area contributed by atoms with Crippen molar-refractivity contribution in [2.45, 2.75) is 12.2 Å². The largest absolute Gasteiger partial charge is 0.452 e. The first-order valence-corrected chi connectivity index (χ1v) is 4.39. The fraction of sp³-hybridized carbons (Fsp3) is 0.182. The second-order valence-corrected chi connectivity index (χ2v) is 3.12. The van der Waals surface area contributed by atoms with E-state index >= 15 is 0 Å². The lowest BCUT2D eigenvalue weighted by Crippen LogP contribution is -2.17. The smallest absolute Gasteiger partial charge is 0.331 e. The van der Waals surface area contributed by atoms with Gasteiger partial charge in [-0.2, -0.15) is 0 Å². The van der Waals surface area contributed by atoms with Crippen LogP contribution in [0.4, 0.5) is 0 Å². The Morgan fingerprint density at radius 3 is 2.57 bits per heavy atom. The summed E-state index contributed by atoms with van der Waals surface area (Å²) in [5.74, 6) is -0.398. The molecule has 2 rings (SSSR count). The molecular formula is C11H10O3. The van der Waals surface area contributed by atoms with E-state index in [0.717, 1.165) is 5.56 Å². The highest BCUT2D eigenvalue weighted by atomic mass is 16.6. The zero-order valence-electron chi connectivity index (χ0n) is 7.46. The minimum absolute atomic E-state index is 0.398. The number of aliphatic hydroxyl groups excluding tert-OH is 1. The number of hydrogen-bond acceptors (Lipinski definition) is 3. The Balaban J connectivity index is 2.13. The van der Waals surface area contributed by atoms with Gasteiger partial charge in [-0.15, -0.1) is 0 Å². The molecule has 1 aliphatic heterocycles. The van der Waals surface area contributed by atoms with Crippen LogP contribution in [0.2, 0.25) is 0 Å². The number of cyclic esters (lactones) is 1. The molecule has 1 N–H and O–H groups in total. The molecule has 14 heavy (non-hydrogen) atoms. The minimum atomic E-state index is -0.779. The van der Waals surface area contributed by atoms with Crippen LogP contribution < -0.4 is 0 Å². The van der Waals surface area contributed by atoms with Crippen molar-refractivity contribution < 1.29 is 14.6 Å². The van der Waals surface area contributed by atoms with Gasteiger partial charge in [-0.3, -0.25) is 0 Å². The highest BCUT2D eigenvalue weighted by Crippen LogP contribution is 2.22. The molecule has 0 radical (unpaired) electrons. The van der Waals surface area contributed by atoms with E-state index in [9.17, 15) is 9.90 Å². The Morgan fingerprint density at radius 2 is 2.00 bits per heavy atom. The van der Waals surface area contributed by atoms with Crippen molar-refractivity contribution >= 4 is 5.97 Å². The van der Waals surface area contributed by atoms with Crippen LogP contribution in [-0.4, -0.2) is 17.2 Å². The number of rotatable bonds is 2. The molecule has 1 aromatic rings. The molecule has 72 valence electrons. The van der Waals surface area contributed by atoms with Crippen molar-refractivity contribution in [3.8, 4) is 0 Å². The number of ether oxygens (including phenoxy) is 1. The molecule has 0 saturated carbocycles. The summed E-state index contributed by atoms with van der Waals surface area (Å²) in [6.45, 7) is 0. The standard InChI is InChI=1S/C11H10O3/c12-10-7-6-9(14-10)11(13)8-4-2-1-3-5-8/h1-7,9,11,13H/t9?,11-/m1/s1. The van der Waals surface area contributed by atoms with E-state index in [0.29, 0.717) is 0 Å². The fourth-order valence-corrected chi connectivity index (χ4v) is 1.40. The SMILES string of the molecule is O=C1C=CC([C@H](O)c2ccccc2)O1. The van der Waals surface area contributed by atoms with Crippen molar-refractivity contribution in [1.29, 1.82) is 0 Å². The van der Waals surface area contributed by atoms with E-state index in [4.69, 9.17) is 4.74 Å². The van der Waals surface area contributed by atoms with Gasteiger partial charge < -0.3 is 9.84 Å². The van der Waals surface area contributed by atoms with Crippen LogP contribution in [0.15, 0.2) is 42.5 Å². The van der Waals surface area contributed by atoms with Gasteiger partial charge in [-0.25, -0.2) is 4.79 Å². The van der Waals surface area contributed by atoms with Gasteiger partial charge in [-0.05, 0) is 11.6 Å². The maximum Gasteiger partial charge on any atom is 0.331 e. The summed E-state index contributed by atoms with van der Waals surface area (Å²) in [5.41, 5.74) is 0.747. The molecule has 0 fully saturated rings. The van der Waals surface area contributed by atoms with Gasteiger partial charge in [0.15, 0.2) is 6.10 Å². The van der Waals surface area contributed by atoms with Crippen LogP contribution in [0.25, 0.3) is 0 Å². The average Bonchev–Trinajstić information content (AvgIpc) is 2.65. The van der Waals surface area contributed by atoms with E-state index in [2.05, 4.69) is 0 Å². The molecular weight excluding hydrogens is 180 g/mol. The average molecular weight is 190 g/mol. The van der Waals surface area contributed by atoms with Crippen molar-refractivity contribution in [1.82, 2.24) is 0 Å². The third kappa shape index (κ3) is 1.67. The monoisotopic (exact) mass is 190 g/mol. The number of hydrogen-bond donors (Lipinski definition) is 1. The Morgan fingerprint density at radius 1 is 1.29 bits per heavy atom. The van der Waals surface area contributed by atoms with Crippen LogP contribution in [-0.2, 0) is 9.53 Å². The highest BCUT2D eigenvalue weighted by Gasteiger charge is 2.25. The van der Waals surface area contributed by atoms with Crippen LogP contribution >= 0.6 is 0 Å². The predicted molar refractivity (Wildman–Crippen MR) is 50.4 cm³/mol. The van der Waals surface area contributed by atoms with E-state index in [1.807, 2.05) is 18.2 Å². The van der Waals surface area contributed by atoms with Crippen molar-refractivity contribution in [3.63, 3.8) is 0 Å². The summed E-state index contributed by atoms with van der Waals surface area (Å²) < 4.78 is 4.88. The lowest BCUT2D eigenvalue weighted by Gasteiger charge is -2.16. The summed E-state index contributed by atoms with van der Waals surface area (Å²) in [6.07, 6.45) is 1.57. The van der Waals surface area contributed by atoms with Gasteiger partial charge in [0.1, 0.15) is 6.10 Å². The quantitative estimate of drug-likeness (QED) is 0.713. The maximum atomic E-state index is 10.8. The van der Waals surface area contributed by atoms with Crippen LogP contribution in [0.3, 0.4) is 0 Å². The summed E-state index contributed by atoms with van der Waals surface area (Å²) in [7, 11) is 0. The summed E-state index contributed by atoms with van der Waals surface area (Å²) >= 11 is 0. The maximum absolute atomic E-state index is 10.8. The molecule has 0 bridgehead atoms. The number of carbonyl (C=O) groups excluding carboxylic acids is 1. The zero-order chi connectivity index (χ0) is 9.97. The number of carbonyl (C=O) groups is 1. The molecule has 0 spiro atoms. The zero-order valence-corrected chi connectivity index (χ0v) is 7.46. The molecule has 3 heteroatoms. The Hall–Kier alpha value is -1.61. The van der Waals surface area contributed by atoms with Crippen LogP contribution in [0.1, 0.15) is 11.7 Å². The molecule has 1 aliphatic rings. The van der Waals surface area contributed by atoms with Gasteiger partial charge in [0.05, 0.1) is 0 Å². The summed E-state index contributed by atoms with van der Waals surface area (Å²) in [4.78, 5) is 10.8. The fourth-order valence-electron chi connectivity index (χ4n) is 1.40. The summed E-state index contributed by atoms with van der Waals surface area (Å²) in [5, 5.41) is 9.81. The second kappa shape index (κ2) is 3.64. The molecule has 0 amide bonds. The second-order valence-electron chi connectivity index (χ2n) is 3.12. The number of esters is 1. The van der Waals surface area contributed by atoms with Crippen molar-refractivity contribution in [3.05, 3.63) is 48.0 Å². The predicted octanol–water partition coefficient (Wildman–Crippen LogP) is 1.20. The molecule has 0 aliphatic carbocycles. The van der Waals surface area contributed by atoms with Gasteiger partial charge in [0.2, 0.25) is 0 Å². The molecule has 2 atom stereocenters. The lowest BCUT2D eigenvalue weighted by atomic mass is 10.1. The molecule has 1 unspecified atom stereocenters. The first kappa shape index (κ1) is 8.97.